The third-order valence-electron chi connectivity index (χ3n) is 6.03. The summed E-state index contributed by atoms with van der Waals surface area (Å²) in [6, 6.07) is 6.38. The Bertz CT molecular complexity index is 818. The first kappa shape index (κ1) is 19.0. The second-order valence-electron chi connectivity index (χ2n) is 8.00. The Hall–Kier alpha value is -2.34. The fraction of sp³-hybridized carbons (Fsp3) is 0.500. The molecular formula is C22H27FN4O. The summed E-state index contributed by atoms with van der Waals surface area (Å²) in [5.74, 6) is 0.345. The highest BCUT2D eigenvalue weighted by molar-refractivity contribution is 5.79. The SMILES string of the molecule is CN1CCC(C(=O)N2CCC[C@@H](c3nccnc3-c3ccc(F)cc3)C2)CC1. The minimum atomic E-state index is -0.262. The summed E-state index contributed by atoms with van der Waals surface area (Å²) in [6.45, 7) is 3.50. The van der Waals surface area contributed by atoms with Crippen molar-refractivity contribution >= 4 is 5.91 Å². The van der Waals surface area contributed by atoms with Crippen LogP contribution in [-0.4, -0.2) is 58.9 Å². The molecule has 1 aromatic heterocycles. The van der Waals surface area contributed by atoms with Crippen molar-refractivity contribution in [1.82, 2.24) is 19.8 Å². The minimum absolute atomic E-state index is 0.147. The smallest absolute Gasteiger partial charge is 0.225 e. The molecule has 0 saturated carbocycles. The number of amides is 1. The van der Waals surface area contributed by atoms with Crippen molar-refractivity contribution in [1.29, 1.82) is 0 Å². The average molecular weight is 382 g/mol. The average Bonchev–Trinajstić information content (AvgIpc) is 2.74. The highest BCUT2D eigenvalue weighted by Gasteiger charge is 2.32. The van der Waals surface area contributed by atoms with Gasteiger partial charge in [-0.3, -0.25) is 14.8 Å². The van der Waals surface area contributed by atoms with Gasteiger partial charge in [0.15, 0.2) is 0 Å². The van der Waals surface area contributed by atoms with Gasteiger partial charge in [0.25, 0.3) is 0 Å². The molecule has 0 unspecified atom stereocenters. The monoisotopic (exact) mass is 382 g/mol. The molecule has 148 valence electrons. The number of hydrogen-bond acceptors (Lipinski definition) is 4. The zero-order chi connectivity index (χ0) is 19.5. The summed E-state index contributed by atoms with van der Waals surface area (Å²) in [4.78, 5) is 26.5. The molecule has 2 aliphatic heterocycles. The maximum atomic E-state index is 13.3. The van der Waals surface area contributed by atoms with Crippen LogP contribution >= 0.6 is 0 Å². The predicted molar refractivity (Wildman–Crippen MR) is 106 cm³/mol. The van der Waals surface area contributed by atoms with Crippen LogP contribution in [0.3, 0.4) is 0 Å². The summed E-state index contributed by atoms with van der Waals surface area (Å²) in [5.41, 5.74) is 2.57. The summed E-state index contributed by atoms with van der Waals surface area (Å²) in [6.07, 6.45) is 7.24. The van der Waals surface area contributed by atoms with Crippen LogP contribution in [0.5, 0.6) is 0 Å². The van der Waals surface area contributed by atoms with Gasteiger partial charge in [0.1, 0.15) is 5.82 Å². The molecule has 0 spiro atoms. The van der Waals surface area contributed by atoms with Crippen LogP contribution in [-0.2, 0) is 4.79 Å². The Balaban J connectivity index is 1.52. The molecule has 0 radical (unpaired) electrons. The van der Waals surface area contributed by atoms with Gasteiger partial charge >= 0.3 is 0 Å². The van der Waals surface area contributed by atoms with Crippen LogP contribution in [0.4, 0.5) is 4.39 Å². The Morgan fingerprint density at radius 3 is 2.50 bits per heavy atom. The molecule has 3 heterocycles. The molecule has 1 aromatic carbocycles. The lowest BCUT2D eigenvalue weighted by Gasteiger charge is -2.37. The molecule has 0 bridgehead atoms. The van der Waals surface area contributed by atoms with Gasteiger partial charge in [-0.05, 0) is 70.1 Å². The molecule has 1 amide bonds. The fourth-order valence-corrected chi connectivity index (χ4v) is 4.39. The maximum Gasteiger partial charge on any atom is 0.225 e. The highest BCUT2D eigenvalue weighted by atomic mass is 19.1. The predicted octanol–water partition coefficient (Wildman–Crippen LogP) is 3.33. The normalized spacial score (nSPS) is 21.6. The van der Waals surface area contributed by atoms with E-state index in [4.69, 9.17) is 0 Å². The van der Waals surface area contributed by atoms with E-state index in [1.54, 1.807) is 24.5 Å². The molecule has 2 aliphatic rings. The van der Waals surface area contributed by atoms with Crippen LogP contribution in [0.2, 0.25) is 0 Å². The van der Waals surface area contributed by atoms with Crippen LogP contribution in [0.25, 0.3) is 11.3 Å². The number of benzene rings is 1. The molecule has 5 nitrogen and oxygen atoms in total. The molecular weight excluding hydrogens is 355 g/mol. The molecule has 0 aliphatic carbocycles. The van der Waals surface area contributed by atoms with Crippen LogP contribution in [0, 0.1) is 11.7 Å². The van der Waals surface area contributed by atoms with E-state index in [9.17, 15) is 9.18 Å². The van der Waals surface area contributed by atoms with Gasteiger partial charge < -0.3 is 9.80 Å². The van der Waals surface area contributed by atoms with Crippen LogP contribution < -0.4 is 0 Å². The van der Waals surface area contributed by atoms with Crippen molar-refractivity contribution in [2.24, 2.45) is 5.92 Å². The highest BCUT2D eigenvalue weighted by Crippen LogP contribution is 2.33. The molecule has 2 saturated heterocycles. The Kier molecular flexibility index (Phi) is 5.67. The Morgan fingerprint density at radius 2 is 1.75 bits per heavy atom. The first-order valence-electron chi connectivity index (χ1n) is 10.2. The summed E-state index contributed by atoms with van der Waals surface area (Å²) < 4.78 is 13.3. The second-order valence-corrected chi connectivity index (χ2v) is 8.00. The Labute approximate surface area is 165 Å². The number of rotatable bonds is 3. The fourth-order valence-electron chi connectivity index (χ4n) is 4.39. The van der Waals surface area contributed by atoms with Crippen molar-refractivity contribution in [2.45, 2.75) is 31.6 Å². The van der Waals surface area contributed by atoms with Gasteiger partial charge in [-0.2, -0.15) is 0 Å². The van der Waals surface area contributed by atoms with E-state index < -0.39 is 0 Å². The van der Waals surface area contributed by atoms with E-state index in [-0.39, 0.29) is 17.7 Å². The zero-order valence-corrected chi connectivity index (χ0v) is 16.4. The van der Waals surface area contributed by atoms with Crippen molar-refractivity contribution in [3.63, 3.8) is 0 Å². The van der Waals surface area contributed by atoms with Gasteiger partial charge in [-0.15, -0.1) is 0 Å². The molecule has 2 fully saturated rings. The molecule has 0 N–H and O–H groups in total. The van der Waals surface area contributed by atoms with Crippen molar-refractivity contribution < 1.29 is 9.18 Å². The molecule has 1 atom stereocenters. The lowest BCUT2D eigenvalue weighted by atomic mass is 9.89. The number of carbonyl (C=O) groups excluding carboxylic acids is 1. The topological polar surface area (TPSA) is 49.3 Å². The standard InChI is InChI=1S/C22H27FN4O/c1-26-13-8-17(9-14-26)22(28)27-12-2-3-18(15-27)21-20(24-10-11-25-21)16-4-6-19(23)7-5-16/h4-7,10-11,17-18H,2-3,8-9,12-15H2,1H3/t18-/m1/s1. The van der Waals surface area contributed by atoms with Gasteiger partial charge in [0, 0.05) is 42.9 Å². The van der Waals surface area contributed by atoms with E-state index in [2.05, 4.69) is 21.9 Å². The first-order valence-corrected chi connectivity index (χ1v) is 10.2. The van der Waals surface area contributed by atoms with Crippen LogP contribution in [0.1, 0.15) is 37.3 Å². The van der Waals surface area contributed by atoms with E-state index in [0.717, 1.165) is 62.3 Å². The van der Waals surface area contributed by atoms with Gasteiger partial charge in [-0.1, -0.05) is 0 Å². The number of likely N-dealkylation sites (tertiary alicyclic amines) is 2. The second kappa shape index (κ2) is 8.35. The molecule has 6 heteroatoms. The summed E-state index contributed by atoms with van der Waals surface area (Å²) >= 11 is 0. The number of halogens is 1. The minimum Gasteiger partial charge on any atom is -0.342 e. The summed E-state index contributed by atoms with van der Waals surface area (Å²) in [7, 11) is 2.11. The van der Waals surface area contributed by atoms with Crippen molar-refractivity contribution in [3.8, 4) is 11.3 Å². The number of aromatic nitrogens is 2. The largest absolute Gasteiger partial charge is 0.342 e. The molecule has 2 aromatic rings. The zero-order valence-electron chi connectivity index (χ0n) is 16.4. The third kappa shape index (κ3) is 4.07. The molecule has 28 heavy (non-hydrogen) atoms. The summed E-state index contributed by atoms with van der Waals surface area (Å²) in [5, 5.41) is 0. The number of piperidine rings is 2. The van der Waals surface area contributed by atoms with E-state index in [1.165, 1.54) is 12.1 Å². The van der Waals surface area contributed by atoms with Gasteiger partial charge in [-0.25, -0.2) is 4.39 Å². The quantitative estimate of drug-likeness (QED) is 0.817. The van der Waals surface area contributed by atoms with E-state index in [1.807, 2.05) is 4.90 Å². The maximum absolute atomic E-state index is 13.3. The lowest BCUT2D eigenvalue weighted by Crippen LogP contribution is -2.45. The number of hydrogen-bond donors (Lipinski definition) is 0. The van der Waals surface area contributed by atoms with Gasteiger partial charge in [0.05, 0.1) is 11.4 Å². The van der Waals surface area contributed by atoms with Crippen molar-refractivity contribution in [3.05, 3.63) is 48.2 Å². The number of carbonyl (C=O) groups is 1. The van der Waals surface area contributed by atoms with E-state index >= 15 is 0 Å². The number of nitrogens with zero attached hydrogens (tertiary/aromatic N) is 4. The van der Waals surface area contributed by atoms with Crippen molar-refractivity contribution in [2.75, 3.05) is 33.2 Å². The Morgan fingerprint density at radius 1 is 1.04 bits per heavy atom. The third-order valence-corrected chi connectivity index (χ3v) is 6.03. The van der Waals surface area contributed by atoms with E-state index in [0.29, 0.717) is 12.5 Å². The molecule has 4 rings (SSSR count). The first-order chi connectivity index (χ1) is 13.6. The van der Waals surface area contributed by atoms with Gasteiger partial charge in [0.2, 0.25) is 5.91 Å². The van der Waals surface area contributed by atoms with Crippen LogP contribution in [0.15, 0.2) is 36.7 Å². The lowest BCUT2D eigenvalue weighted by molar-refractivity contribution is -0.138.